The van der Waals surface area contributed by atoms with Crippen molar-refractivity contribution in [3.8, 4) is 0 Å². The maximum atomic E-state index is 12.3. The molecule has 0 spiro atoms. The molecule has 1 saturated heterocycles. The van der Waals surface area contributed by atoms with E-state index in [1.54, 1.807) is 7.11 Å². The number of methoxy groups -OCH3 is 1. The third-order valence-corrected chi connectivity index (χ3v) is 4.06. The van der Waals surface area contributed by atoms with E-state index in [0.717, 1.165) is 32.2 Å². The Bertz CT molecular complexity index is 338. The number of hydrogen-bond acceptors (Lipinski definition) is 3. The second-order valence-corrected chi connectivity index (χ2v) is 5.39. The molecule has 0 aromatic carbocycles. The minimum atomic E-state index is -0.756. The third-order valence-electron chi connectivity index (χ3n) is 4.06. The number of nitrogens with zero attached hydrogens (tertiary/aromatic N) is 1. The third kappa shape index (κ3) is 2.83. The second-order valence-electron chi connectivity index (χ2n) is 5.39. The minimum Gasteiger partial charge on any atom is -0.481 e. The molecule has 1 N–H and O–H groups in total. The van der Waals surface area contributed by atoms with Crippen LogP contribution in [0.3, 0.4) is 0 Å². The number of carbonyl (C=O) groups excluding carboxylic acids is 1. The Labute approximate surface area is 107 Å². The first-order valence-electron chi connectivity index (χ1n) is 6.64. The van der Waals surface area contributed by atoms with Gasteiger partial charge in [-0.2, -0.15) is 0 Å². The van der Waals surface area contributed by atoms with Crippen LogP contribution in [0.1, 0.15) is 38.5 Å². The van der Waals surface area contributed by atoms with Gasteiger partial charge >= 0.3 is 5.97 Å². The minimum absolute atomic E-state index is 0.102. The topological polar surface area (TPSA) is 66.8 Å². The van der Waals surface area contributed by atoms with Crippen molar-refractivity contribution in [2.24, 2.45) is 5.92 Å². The van der Waals surface area contributed by atoms with Crippen LogP contribution < -0.4 is 0 Å². The summed E-state index contributed by atoms with van der Waals surface area (Å²) in [6.07, 6.45) is 4.49. The van der Waals surface area contributed by atoms with Gasteiger partial charge in [-0.15, -0.1) is 0 Å². The van der Waals surface area contributed by atoms with Gasteiger partial charge in [0.05, 0.1) is 0 Å². The van der Waals surface area contributed by atoms with Crippen LogP contribution in [0.2, 0.25) is 0 Å². The van der Waals surface area contributed by atoms with Crippen LogP contribution in [-0.4, -0.2) is 47.7 Å². The quantitative estimate of drug-likeness (QED) is 0.803. The van der Waals surface area contributed by atoms with Gasteiger partial charge in [0.1, 0.15) is 5.60 Å². The van der Waals surface area contributed by atoms with Crippen molar-refractivity contribution in [1.82, 2.24) is 4.90 Å². The fourth-order valence-corrected chi connectivity index (χ4v) is 2.72. The summed E-state index contributed by atoms with van der Waals surface area (Å²) in [6.45, 7) is 1.48. The molecule has 0 bridgehead atoms. The number of piperidine rings is 1. The number of ether oxygens (including phenoxy) is 1. The summed E-state index contributed by atoms with van der Waals surface area (Å²) in [5, 5.41) is 8.70. The number of carboxylic acid groups (broad SMARTS) is 1. The van der Waals surface area contributed by atoms with E-state index in [2.05, 4.69) is 0 Å². The molecule has 18 heavy (non-hydrogen) atoms. The lowest BCUT2D eigenvalue weighted by atomic mass is 9.93. The molecule has 2 aliphatic rings. The number of amides is 1. The van der Waals surface area contributed by atoms with Gasteiger partial charge in [0.15, 0.2) is 0 Å². The zero-order chi connectivity index (χ0) is 13.2. The molecule has 2 fully saturated rings. The van der Waals surface area contributed by atoms with Gasteiger partial charge in [-0.05, 0) is 38.0 Å². The van der Waals surface area contributed by atoms with Gasteiger partial charge in [-0.3, -0.25) is 9.59 Å². The Morgan fingerprint density at radius 3 is 2.72 bits per heavy atom. The van der Waals surface area contributed by atoms with E-state index in [1.165, 1.54) is 0 Å². The molecule has 1 saturated carbocycles. The lowest BCUT2D eigenvalue weighted by Gasteiger charge is -2.34. The van der Waals surface area contributed by atoms with Crippen molar-refractivity contribution >= 4 is 11.9 Å². The molecule has 0 aromatic rings. The highest BCUT2D eigenvalue weighted by atomic mass is 16.5. The molecular formula is C13H21NO4. The van der Waals surface area contributed by atoms with Crippen LogP contribution in [0.25, 0.3) is 0 Å². The number of aliphatic carboxylic acids is 1. The average Bonchev–Trinajstić information content (AvgIpc) is 3.17. The number of likely N-dealkylation sites (tertiary alicyclic amines) is 1. The molecule has 1 amide bonds. The Morgan fingerprint density at radius 1 is 1.44 bits per heavy atom. The normalized spacial score (nSPS) is 25.8. The highest BCUT2D eigenvalue weighted by molar-refractivity contribution is 5.88. The molecule has 1 aliphatic heterocycles. The van der Waals surface area contributed by atoms with E-state index in [0.29, 0.717) is 18.9 Å². The van der Waals surface area contributed by atoms with E-state index in [-0.39, 0.29) is 12.3 Å². The smallest absolute Gasteiger partial charge is 0.303 e. The van der Waals surface area contributed by atoms with Crippen molar-refractivity contribution < 1.29 is 19.4 Å². The van der Waals surface area contributed by atoms with Gasteiger partial charge < -0.3 is 14.7 Å². The Morgan fingerprint density at radius 2 is 2.17 bits per heavy atom. The van der Waals surface area contributed by atoms with E-state index in [4.69, 9.17) is 9.84 Å². The monoisotopic (exact) mass is 255 g/mol. The van der Waals surface area contributed by atoms with Crippen LogP contribution in [0.4, 0.5) is 0 Å². The van der Waals surface area contributed by atoms with Crippen LogP contribution in [-0.2, 0) is 14.3 Å². The number of carbonyl (C=O) groups is 2. The van der Waals surface area contributed by atoms with E-state index in [9.17, 15) is 9.59 Å². The predicted octanol–water partition coefficient (Wildman–Crippen LogP) is 1.27. The maximum absolute atomic E-state index is 12.3. The maximum Gasteiger partial charge on any atom is 0.303 e. The molecule has 1 aliphatic carbocycles. The molecule has 1 unspecified atom stereocenters. The highest BCUT2D eigenvalue weighted by Crippen LogP contribution is 2.41. The first kappa shape index (κ1) is 13.3. The first-order valence-corrected chi connectivity index (χ1v) is 6.64. The fourth-order valence-electron chi connectivity index (χ4n) is 2.72. The van der Waals surface area contributed by atoms with Crippen molar-refractivity contribution in [3.05, 3.63) is 0 Å². The van der Waals surface area contributed by atoms with Gasteiger partial charge in [0.2, 0.25) is 0 Å². The fraction of sp³-hybridized carbons (Fsp3) is 0.846. The zero-order valence-electron chi connectivity index (χ0n) is 10.9. The van der Waals surface area contributed by atoms with Crippen LogP contribution in [0.15, 0.2) is 0 Å². The van der Waals surface area contributed by atoms with Crippen molar-refractivity contribution in [1.29, 1.82) is 0 Å². The molecular weight excluding hydrogens is 234 g/mol. The van der Waals surface area contributed by atoms with Crippen molar-refractivity contribution in [3.63, 3.8) is 0 Å². The van der Waals surface area contributed by atoms with Crippen LogP contribution in [0.5, 0.6) is 0 Å². The summed E-state index contributed by atoms with van der Waals surface area (Å²) in [4.78, 5) is 24.7. The molecule has 5 nitrogen and oxygen atoms in total. The number of rotatable bonds is 5. The summed E-state index contributed by atoms with van der Waals surface area (Å²) < 4.78 is 5.31. The second kappa shape index (κ2) is 5.26. The summed E-state index contributed by atoms with van der Waals surface area (Å²) in [7, 11) is 1.59. The van der Waals surface area contributed by atoms with E-state index < -0.39 is 11.6 Å². The van der Waals surface area contributed by atoms with Gasteiger partial charge in [-0.25, -0.2) is 0 Å². The van der Waals surface area contributed by atoms with Gasteiger partial charge in [0, 0.05) is 26.6 Å². The first-order chi connectivity index (χ1) is 8.57. The molecule has 1 heterocycles. The average molecular weight is 255 g/mol. The number of carboxylic acids is 1. The summed E-state index contributed by atoms with van der Waals surface area (Å²) in [5.74, 6) is -0.328. The molecule has 2 rings (SSSR count). The lowest BCUT2D eigenvalue weighted by molar-refractivity contribution is -0.146. The Balaban J connectivity index is 1.86. The molecule has 5 heteroatoms. The zero-order valence-corrected chi connectivity index (χ0v) is 10.9. The molecule has 1 atom stereocenters. The van der Waals surface area contributed by atoms with Crippen molar-refractivity contribution in [2.75, 3.05) is 20.2 Å². The van der Waals surface area contributed by atoms with Gasteiger partial charge in [0.25, 0.3) is 5.91 Å². The highest BCUT2D eigenvalue weighted by Gasteiger charge is 2.52. The summed E-state index contributed by atoms with van der Waals surface area (Å²) in [6, 6.07) is 0. The van der Waals surface area contributed by atoms with Crippen LogP contribution in [0, 0.1) is 5.92 Å². The van der Waals surface area contributed by atoms with Gasteiger partial charge in [-0.1, -0.05) is 0 Å². The van der Waals surface area contributed by atoms with Crippen molar-refractivity contribution in [2.45, 2.75) is 44.1 Å². The standard InChI is InChI=1S/C13H21NO4/c1-18-13(6-7-13)12(17)14-8-2-3-10(9-14)4-5-11(15)16/h10H,2-9H2,1H3,(H,15,16). The predicted molar refractivity (Wildman–Crippen MR) is 65.1 cm³/mol. The summed E-state index contributed by atoms with van der Waals surface area (Å²) >= 11 is 0. The summed E-state index contributed by atoms with van der Waals surface area (Å²) in [5.41, 5.74) is -0.547. The SMILES string of the molecule is COC1(C(=O)N2CCCC(CCC(=O)O)C2)CC1. The molecule has 102 valence electrons. The van der Waals surface area contributed by atoms with E-state index in [1.807, 2.05) is 4.90 Å². The molecule has 0 radical (unpaired) electrons. The largest absolute Gasteiger partial charge is 0.481 e. The lowest BCUT2D eigenvalue weighted by Crippen LogP contribution is -2.46. The van der Waals surface area contributed by atoms with Crippen LogP contribution >= 0.6 is 0 Å². The Kier molecular flexibility index (Phi) is 3.90. The van der Waals surface area contributed by atoms with E-state index >= 15 is 0 Å². The Hall–Kier alpha value is -1.10. The molecule has 0 aromatic heterocycles. The number of hydrogen-bond donors (Lipinski definition) is 1.